The zero-order valence-electron chi connectivity index (χ0n) is 21.9. The van der Waals surface area contributed by atoms with Gasteiger partial charge in [-0.3, -0.25) is 9.59 Å². The molecule has 11 heteroatoms. The molecule has 0 aromatic heterocycles. The third-order valence-corrected chi connectivity index (χ3v) is 6.28. The van der Waals surface area contributed by atoms with Crippen molar-refractivity contribution >= 4 is 23.5 Å². The number of carbonyl (C=O) groups excluding carboxylic acids is 3. The van der Waals surface area contributed by atoms with Crippen LogP contribution in [0.1, 0.15) is 68.7 Å². The molecule has 38 heavy (non-hydrogen) atoms. The number of hydrogen-bond acceptors (Lipinski definition) is 6. The molecule has 0 amide bonds. The van der Waals surface area contributed by atoms with Crippen LogP contribution in [0.2, 0.25) is 0 Å². The van der Waals surface area contributed by atoms with E-state index in [1.54, 1.807) is 13.8 Å². The molecule has 0 aliphatic heterocycles. The van der Waals surface area contributed by atoms with Crippen LogP contribution < -0.4 is 18.9 Å². The van der Waals surface area contributed by atoms with Crippen LogP contribution in [-0.4, -0.2) is 46.7 Å². The van der Waals surface area contributed by atoms with Gasteiger partial charge >= 0.3 is 30.8 Å². The maximum Gasteiger partial charge on any atom is 1.00 e. The van der Waals surface area contributed by atoms with E-state index in [1.165, 1.54) is 31.4 Å². The molecule has 0 radical (unpaired) electrons. The second kappa shape index (κ2) is 14.9. The van der Waals surface area contributed by atoms with E-state index in [9.17, 15) is 28.0 Å². The number of ether oxygens (including phenoxy) is 1. The molecule has 0 spiro atoms. The zero-order valence-corrected chi connectivity index (χ0v) is 21.9. The molecule has 0 saturated heterocycles. The van der Waals surface area contributed by atoms with E-state index in [0.29, 0.717) is 22.3 Å². The molecule has 4 rings (SSSR count). The van der Waals surface area contributed by atoms with Crippen molar-refractivity contribution < 1.29 is 67.6 Å². The van der Waals surface area contributed by atoms with Crippen molar-refractivity contribution in [3.63, 3.8) is 0 Å². The van der Waals surface area contributed by atoms with Crippen LogP contribution in [0.4, 0.5) is 8.78 Å². The largest absolute Gasteiger partial charge is 1.00 e. The van der Waals surface area contributed by atoms with Crippen LogP contribution in [0, 0.1) is 37.3 Å². The Morgan fingerprint density at radius 1 is 0.816 bits per heavy atom. The van der Waals surface area contributed by atoms with Crippen LogP contribution in [-0.2, 0) is 27.2 Å². The fourth-order valence-electron chi connectivity index (χ4n) is 3.72. The van der Waals surface area contributed by atoms with Crippen molar-refractivity contribution in [2.75, 3.05) is 7.11 Å². The number of rotatable bonds is 8. The number of benzene rings is 2. The summed E-state index contributed by atoms with van der Waals surface area (Å²) in [5.41, 5.74) is 2.15. The number of carboxylic acids is 1. The Morgan fingerprint density at radius 3 is 1.53 bits per heavy atom. The molecular weight excluding hydrogens is 497 g/mol. The predicted octanol–water partition coefficient (Wildman–Crippen LogP) is 0.799. The van der Waals surface area contributed by atoms with E-state index in [2.05, 4.69) is 4.74 Å². The number of aryl methyl sites for hydroxylation is 2. The summed E-state index contributed by atoms with van der Waals surface area (Å²) >= 11 is 0. The monoisotopic (exact) mass is 528 g/mol. The Hall–Kier alpha value is -2.90. The first-order chi connectivity index (χ1) is 16.5. The fraction of sp³-hybridized carbons (Fsp3) is 0.407. The third kappa shape index (κ3) is 9.13. The number of aromatic carboxylic acids is 1. The molecule has 0 atom stereocenters. The molecule has 2 saturated carbocycles. The molecule has 202 valence electrons. The maximum absolute atomic E-state index is 13.6. The molecule has 2 fully saturated rings. The van der Waals surface area contributed by atoms with Gasteiger partial charge in [-0.2, -0.15) is 0 Å². The van der Waals surface area contributed by atoms with Gasteiger partial charge < -0.3 is 20.8 Å². The van der Waals surface area contributed by atoms with Crippen molar-refractivity contribution in [3.05, 3.63) is 69.3 Å². The Kier molecular flexibility index (Phi) is 13.7. The Bertz CT molecular complexity index is 1190. The standard InChI is InChI=1S/C14H15FO3.C13H13FO3.Li.2H2O/c1-8-5-12(15)11(14(17)18-2)6-10(8)7-13(16)9-3-4-9;1-7-4-11(14)10(13(16)17)5-9(7)6-12(15)8-2-3-8;;;/h5-6,9H,3-4,7H2,1-2H3;4-5,8H,2-3,6H2,1H3,(H,16,17);;2*1H2/q;;+1;;/p-1. The molecule has 0 heterocycles. The summed E-state index contributed by atoms with van der Waals surface area (Å²) in [7, 11) is 1.21. The summed E-state index contributed by atoms with van der Waals surface area (Å²) in [4.78, 5) is 45.6. The van der Waals surface area contributed by atoms with Gasteiger partial charge in [0.2, 0.25) is 0 Å². The van der Waals surface area contributed by atoms with E-state index in [0.717, 1.165) is 25.7 Å². The average Bonchev–Trinajstić information content (AvgIpc) is 3.69. The number of carbonyl (C=O) groups is 4. The Labute approximate surface area is 231 Å². The molecule has 0 bridgehead atoms. The number of Topliss-reactive ketones (excluding diaryl/α,β-unsaturated/α-hetero) is 2. The second-order valence-electron chi connectivity index (χ2n) is 9.15. The number of hydrogen-bond donors (Lipinski definition) is 1. The SMILES string of the molecule is COC(=O)c1cc(CC(=O)C2CC2)c(C)cc1F.Cc1cc(F)c(C(=O)O)cc1CC(=O)C1CC1.O.[Li+].[OH-]. The van der Waals surface area contributed by atoms with Crippen LogP contribution in [0.5, 0.6) is 0 Å². The number of esters is 1. The number of ketones is 2. The zero-order chi connectivity index (χ0) is 25.9. The summed E-state index contributed by atoms with van der Waals surface area (Å²) < 4.78 is 31.4. The normalized spacial score (nSPS) is 13.4. The smallest absolute Gasteiger partial charge is 0.870 e. The van der Waals surface area contributed by atoms with Crippen molar-refractivity contribution in [1.29, 1.82) is 0 Å². The molecular formula is C27H31F2LiO8. The minimum atomic E-state index is -1.30. The van der Waals surface area contributed by atoms with E-state index >= 15 is 0 Å². The van der Waals surface area contributed by atoms with Crippen molar-refractivity contribution in [3.8, 4) is 0 Å². The summed E-state index contributed by atoms with van der Waals surface area (Å²) in [6.45, 7) is 3.42. The van der Waals surface area contributed by atoms with Gasteiger partial charge in [0.15, 0.2) is 0 Å². The molecule has 2 aromatic carbocycles. The van der Waals surface area contributed by atoms with Crippen molar-refractivity contribution in [2.45, 2.75) is 52.4 Å². The summed E-state index contributed by atoms with van der Waals surface area (Å²) in [5.74, 6) is -2.80. The Morgan fingerprint density at radius 2 is 1.18 bits per heavy atom. The van der Waals surface area contributed by atoms with Gasteiger partial charge in [-0.1, -0.05) is 0 Å². The molecule has 4 N–H and O–H groups in total. The van der Waals surface area contributed by atoms with Crippen LogP contribution >= 0.6 is 0 Å². The third-order valence-electron chi connectivity index (χ3n) is 6.28. The van der Waals surface area contributed by atoms with Crippen LogP contribution in [0.15, 0.2) is 24.3 Å². The molecule has 0 unspecified atom stereocenters. The minimum absolute atomic E-state index is 0. The van der Waals surface area contributed by atoms with E-state index in [1.807, 2.05) is 0 Å². The van der Waals surface area contributed by atoms with Gasteiger partial charge in [-0.15, -0.1) is 0 Å². The summed E-state index contributed by atoms with van der Waals surface area (Å²) in [6.07, 6.45) is 4.21. The quantitative estimate of drug-likeness (QED) is 0.392. The molecule has 8 nitrogen and oxygen atoms in total. The Balaban J connectivity index is 0.000000669. The fourth-order valence-corrected chi connectivity index (χ4v) is 3.72. The first-order valence-electron chi connectivity index (χ1n) is 11.5. The average molecular weight is 528 g/mol. The molecule has 2 aliphatic carbocycles. The number of halogens is 2. The molecule has 2 aromatic rings. The van der Waals surface area contributed by atoms with Gasteiger partial charge in [0.1, 0.15) is 23.2 Å². The van der Waals surface area contributed by atoms with Crippen molar-refractivity contribution in [2.24, 2.45) is 11.8 Å². The maximum atomic E-state index is 13.6. The van der Waals surface area contributed by atoms with E-state index in [-0.39, 0.29) is 77.2 Å². The van der Waals surface area contributed by atoms with E-state index < -0.39 is 23.6 Å². The topological polar surface area (TPSA) is 159 Å². The van der Waals surface area contributed by atoms with Gasteiger partial charge in [0, 0.05) is 24.7 Å². The number of methoxy groups -OCH3 is 1. The summed E-state index contributed by atoms with van der Waals surface area (Å²) in [5, 5.41) is 8.81. The van der Waals surface area contributed by atoms with Crippen LogP contribution in [0.3, 0.4) is 0 Å². The number of carboxylic acid groups (broad SMARTS) is 1. The van der Waals surface area contributed by atoms with Gasteiger partial charge in [-0.05, 0) is 86.1 Å². The van der Waals surface area contributed by atoms with Crippen molar-refractivity contribution in [1.82, 2.24) is 0 Å². The first kappa shape index (κ1) is 35.1. The minimum Gasteiger partial charge on any atom is -0.870 e. The van der Waals surface area contributed by atoms with Gasteiger partial charge in [0.05, 0.1) is 18.2 Å². The first-order valence-corrected chi connectivity index (χ1v) is 11.5. The predicted molar refractivity (Wildman–Crippen MR) is 129 cm³/mol. The van der Waals surface area contributed by atoms with Gasteiger partial charge in [0.25, 0.3) is 0 Å². The van der Waals surface area contributed by atoms with Crippen LogP contribution in [0.25, 0.3) is 0 Å². The van der Waals surface area contributed by atoms with Gasteiger partial charge in [-0.25, -0.2) is 18.4 Å². The molecule has 2 aliphatic rings. The second-order valence-corrected chi connectivity index (χ2v) is 9.15. The summed E-state index contributed by atoms with van der Waals surface area (Å²) in [6, 6.07) is 5.16. The van der Waals surface area contributed by atoms with E-state index in [4.69, 9.17) is 5.11 Å².